The summed E-state index contributed by atoms with van der Waals surface area (Å²) >= 11 is 0. The van der Waals surface area contributed by atoms with E-state index in [4.69, 9.17) is 9.52 Å². The molecule has 2 aliphatic heterocycles. The minimum absolute atomic E-state index is 0.0510. The lowest BCUT2D eigenvalue weighted by Crippen LogP contribution is -2.69. The highest BCUT2D eigenvalue weighted by atomic mass is 32.2. The number of rotatable bonds is 2. The van der Waals surface area contributed by atoms with Gasteiger partial charge in [-0.2, -0.15) is 0 Å². The van der Waals surface area contributed by atoms with Crippen molar-refractivity contribution in [3.63, 3.8) is 0 Å². The molecule has 5 nitrogen and oxygen atoms in total. The number of amides is 1. The Morgan fingerprint density at radius 3 is 2.53 bits per heavy atom. The van der Waals surface area contributed by atoms with Gasteiger partial charge in [-0.1, -0.05) is 30.3 Å². The van der Waals surface area contributed by atoms with E-state index < -0.39 is 9.73 Å². The van der Waals surface area contributed by atoms with Crippen molar-refractivity contribution in [1.29, 1.82) is 4.78 Å². The Bertz CT molecular complexity index is 578. The van der Waals surface area contributed by atoms with Gasteiger partial charge in [-0.3, -0.25) is 4.78 Å². The van der Waals surface area contributed by atoms with Crippen molar-refractivity contribution in [1.82, 2.24) is 4.90 Å². The largest absolute Gasteiger partial charge is 0.445 e. The lowest BCUT2D eigenvalue weighted by Gasteiger charge is -2.55. The zero-order valence-corrected chi connectivity index (χ0v) is 11.3. The van der Waals surface area contributed by atoms with Crippen molar-refractivity contribution in [3.05, 3.63) is 35.9 Å². The maximum Gasteiger partial charge on any atom is 0.410 e. The molecule has 0 unspecified atom stereocenters. The average Bonchev–Trinajstić information content (AvgIpc) is 2.31. The maximum absolute atomic E-state index is 11.8. The molecule has 0 radical (unpaired) electrons. The molecule has 1 spiro atoms. The molecular weight excluding hydrogens is 264 g/mol. The third-order valence-corrected chi connectivity index (χ3v) is 5.75. The van der Waals surface area contributed by atoms with Crippen molar-refractivity contribution in [2.24, 2.45) is 5.41 Å². The summed E-state index contributed by atoms with van der Waals surface area (Å²) in [7, 11) is -2.33. The number of likely N-dealkylation sites (tertiary alicyclic amines) is 1. The fraction of sp³-hybridized carbons (Fsp3) is 0.462. The molecule has 102 valence electrons. The number of nitrogens with one attached hydrogen (secondary N) is 1. The second kappa shape index (κ2) is 4.23. The van der Waals surface area contributed by atoms with Gasteiger partial charge in [0.1, 0.15) is 6.61 Å². The summed E-state index contributed by atoms with van der Waals surface area (Å²) in [5.41, 5.74) is 0.911. The first kappa shape index (κ1) is 12.5. The van der Waals surface area contributed by atoms with Gasteiger partial charge in [-0.15, -0.1) is 0 Å². The van der Waals surface area contributed by atoms with E-state index in [-0.39, 0.29) is 18.1 Å². The van der Waals surface area contributed by atoms with Crippen molar-refractivity contribution >= 4 is 15.8 Å². The van der Waals surface area contributed by atoms with Gasteiger partial charge in [0.2, 0.25) is 0 Å². The number of carbonyl (C=O) groups excluding carboxylic acids is 1. The van der Waals surface area contributed by atoms with Crippen LogP contribution in [0.1, 0.15) is 5.56 Å². The first-order valence-electron chi connectivity index (χ1n) is 6.18. The Balaban J connectivity index is 1.46. The van der Waals surface area contributed by atoms with Crippen molar-refractivity contribution < 1.29 is 13.7 Å². The highest BCUT2D eigenvalue weighted by Crippen LogP contribution is 2.41. The van der Waals surface area contributed by atoms with Crippen LogP contribution in [0.4, 0.5) is 4.79 Å². The Hall–Kier alpha value is -1.56. The average molecular weight is 280 g/mol. The van der Waals surface area contributed by atoms with E-state index in [1.807, 2.05) is 30.3 Å². The van der Waals surface area contributed by atoms with Crippen LogP contribution in [-0.4, -0.2) is 39.8 Å². The number of hydrogen-bond donors (Lipinski definition) is 1. The predicted octanol–water partition coefficient (Wildman–Crippen LogP) is 1.69. The van der Waals surface area contributed by atoms with Crippen LogP contribution in [0.3, 0.4) is 0 Å². The molecule has 1 aromatic rings. The Kier molecular flexibility index (Phi) is 2.78. The standard InChI is InChI=1S/C13H16N2O3S/c14-19(17)9-13(10-19)7-15(8-13)12(16)18-6-11-4-2-1-3-5-11/h1-5,14H,6-10H2. The van der Waals surface area contributed by atoms with Crippen LogP contribution < -0.4 is 0 Å². The molecule has 2 saturated heterocycles. The minimum atomic E-state index is -2.33. The van der Waals surface area contributed by atoms with Gasteiger partial charge in [-0.25, -0.2) is 9.00 Å². The quantitative estimate of drug-likeness (QED) is 0.896. The number of nitrogens with zero attached hydrogens (tertiary/aromatic N) is 1. The number of benzene rings is 1. The molecule has 2 heterocycles. The Labute approximate surface area is 112 Å². The van der Waals surface area contributed by atoms with E-state index in [9.17, 15) is 9.00 Å². The topological polar surface area (TPSA) is 70.5 Å². The summed E-state index contributed by atoms with van der Waals surface area (Å²) in [5, 5.41) is 0. The van der Waals surface area contributed by atoms with Gasteiger partial charge < -0.3 is 9.64 Å². The number of carbonyl (C=O) groups is 1. The molecule has 1 amide bonds. The van der Waals surface area contributed by atoms with Crippen molar-refractivity contribution in [2.75, 3.05) is 24.6 Å². The van der Waals surface area contributed by atoms with E-state index in [0.717, 1.165) is 5.56 Å². The van der Waals surface area contributed by atoms with Gasteiger partial charge in [0.15, 0.2) is 0 Å². The van der Waals surface area contributed by atoms with E-state index in [0.29, 0.717) is 24.6 Å². The zero-order valence-electron chi connectivity index (χ0n) is 10.5. The van der Waals surface area contributed by atoms with E-state index in [2.05, 4.69) is 0 Å². The monoisotopic (exact) mass is 280 g/mol. The van der Waals surface area contributed by atoms with Gasteiger partial charge >= 0.3 is 6.09 Å². The third kappa shape index (κ3) is 2.45. The number of ether oxygens (including phenoxy) is 1. The smallest absolute Gasteiger partial charge is 0.410 e. The van der Waals surface area contributed by atoms with Crippen LogP contribution in [0.5, 0.6) is 0 Å². The van der Waals surface area contributed by atoms with E-state index in [1.54, 1.807) is 4.90 Å². The van der Waals surface area contributed by atoms with Gasteiger partial charge in [-0.05, 0) is 5.56 Å². The molecule has 0 bridgehead atoms. The lowest BCUT2D eigenvalue weighted by molar-refractivity contribution is 0.0110. The first-order valence-corrected chi connectivity index (χ1v) is 8.08. The van der Waals surface area contributed by atoms with Gasteiger partial charge in [0.25, 0.3) is 0 Å². The van der Waals surface area contributed by atoms with E-state index >= 15 is 0 Å². The molecule has 0 saturated carbocycles. The number of hydrogen-bond acceptors (Lipinski definition) is 4. The fourth-order valence-corrected chi connectivity index (χ4v) is 5.09. The molecule has 2 aliphatic rings. The summed E-state index contributed by atoms with van der Waals surface area (Å²) in [6, 6.07) is 9.54. The Morgan fingerprint density at radius 2 is 1.95 bits per heavy atom. The summed E-state index contributed by atoms with van der Waals surface area (Å²) in [4.78, 5) is 13.4. The predicted molar refractivity (Wildman–Crippen MR) is 71.2 cm³/mol. The molecular formula is C13H16N2O3S. The molecule has 6 heteroatoms. The van der Waals surface area contributed by atoms with Gasteiger partial charge in [0.05, 0.1) is 0 Å². The lowest BCUT2D eigenvalue weighted by atomic mass is 9.83. The van der Waals surface area contributed by atoms with Crippen LogP contribution in [0.15, 0.2) is 30.3 Å². The Morgan fingerprint density at radius 1 is 1.32 bits per heavy atom. The normalized spacial score (nSPS) is 22.4. The van der Waals surface area contributed by atoms with Crippen LogP contribution in [0, 0.1) is 10.2 Å². The molecule has 0 aromatic heterocycles. The van der Waals surface area contributed by atoms with Crippen molar-refractivity contribution in [2.45, 2.75) is 6.61 Å². The SMILES string of the molecule is N=S1(=O)CC2(CN(C(=O)OCc3ccccc3)C2)C1. The second-order valence-electron chi connectivity index (χ2n) is 5.50. The second-order valence-corrected chi connectivity index (χ2v) is 7.70. The molecule has 0 atom stereocenters. The van der Waals surface area contributed by atoms with Crippen LogP contribution >= 0.6 is 0 Å². The van der Waals surface area contributed by atoms with E-state index in [1.165, 1.54) is 0 Å². The highest BCUT2D eigenvalue weighted by molar-refractivity contribution is 7.93. The van der Waals surface area contributed by atoms with Crippen LogP contribution in [0.25, 0.3) is 0 Å². The maximum atomic E-state index is 11.8. The molecule has 1 N–H and O–H groups in total. The molecule has 0 aliphatic carbocycles. The van der Waals surface area contributed by atoms with Gasteiger partial charge in [0, 0.05) is 39.7 Å². The minimum Gasteiger partial charge on any atom is -0.445 e. The van der Waals surface area contributed by atoms with Crippen molar-refractivity contribution in [3.8, 4) is 0 Å². The summed E-state index contributed by atoms with van der Waals surface area (Å²) in [5.74, 6) is 0.866. The molecule has 1 aromatic carbocycles. The third-order valence-electron chi connectivity index (χ3n) is 3.59. The van der Waals surface area contributed by atoms with Crippen LogP contribution in [0.2, 0.25) is 0 Å². The highest BCUT2D eigenvalue weighted by Gasteiger charge is 2.55. The summed E-state index contributed by atoms with van der Waals surface area (Å²) < 4.78 is 24.0. The summed E-state index contributed by atoms with van der Waals surface area (Å²) in [6.07, 6.45) is -0.321. The zero-order chi connectivity index (χ0) is 13.5. The molecule has 19 heavy (non-hydrogen) atoms. The first-order chi connectivity index (χ1) is 8.98. The molecule has 3 rings (SSSR count). The summed E-state index contributed by atoms with van der Waals surface area (Å²) in [6.45, 7) is 1.44. The fourth-order valence-electron chi connectivity index (χ4n) is 2.83. The molecule has 2 fully saturated rings. The van der Waals surface area contributed by atoms with Crippen LogP contribution in [-0.2, 0) is 21.1 Å².